The first kappa shape index (κ1) is 23.4. The van der Waals surface area contributed by atoms with Crippen molar-refractivity contribution in [3.63, 3.8) is 0 Å². The summed E-state index contributed by atoms with van der Waals surface area (Å²) in [4.78, 5) is 6.75. The van der Waals surface area contributed by atoms with Gasteiger partial charge in [-0.25, -0.2) is 9.38 Å². The molecule has 0 radical (unpaired) electrons. The topological polar surface area (TPSA) is 65.7 Å². The largest absolute Gasteiger partial charge is 0.367 e. The summed E-state index contributed by atoms with van der Waals surface area (Å²) in [5.74, 6) is 1.33. The van der Waals surface area contributed by atoms with Crippen LogP contribution in [-0.4, -0.2) is 36.8 Å². The van der Waals surface area contributed by atoms with E-state index in [4.69, 9.17) is 4.52 Å². The highest BCUT2D eigenvalue weighted by atomic mass is 127. The molecular weight excluding hydrogens is 484 g/mol. The number of hydrogen-bond acceptors (Lipinski definition) is 4. The molecule has 6 nitrogen and oxygen atoms in total. The van der Waals surface area contributed by atoms with Gasteiger partial charge >= 0.3 is 0 Å². The van der Waals surface area contributed by atoms with E-state index in [1.165, 1.54) is 0 Å². The van der Waals surface area contributed by atoms with Gasteiger partial charge in [-0.1, -0.05) is 18.1 Å². The van der Waals surface area contributed by atoms with Crippen LogP contribution in [0.4, 0.5) is 10.1 Å². The fourth-order valence-electron chi connectivity index (χ4n) is 3.45. The van der Waals surface area contributed by atoms with E-state index >= 15 is 0 Å². The Morgan fingerprint density at radius 1 is 1.34 bits per heavy atom. The van der Waals surface area contributed by atoms with Gasteiger partial charge in [0, 0.05) is 31.7 Å². The third kappa shape index (κ3) is 6.58. The second-order valence-electron chi connectivity index (χ2n) is 7.22. The van der Waals surface area contributed by atoms with Gasteiger partial charge in [0.2, 0.25) is 0 Å². The van der Waals surface area contributed by atoms with Crippen LogP contribution in [0.1, 0.15) is 43.7 Å². The molecule has 1 fully saturated rings. The van der Waals surface area contributed by atoms with E-state index in [0.29, 0.717) is 12.2 Å². The van der Waals surface area contributed by atoms with Crippen molar-refractivity contribution >= 4 is 35.6 Å². The second kappa shape index (κ2) is 11.4. The van der Waals surface area contributed by atoms with Crippen LogP contribution >= 0.6 is 24.0 Å². The molecule has 29 heavy (non-hydrogen) atoms. The number of guanidine groups is 1. The van der Waals surface area contributed by atoms with Crippen LogP contribution in [0, 0.1) is 12.7 Å². The van der Waals surface area contributed by atoms with Crippen molar-refractivity contribution in [1.29, 1.82) is 0 Å². The fourth-order valence-corrected chi connectivity index (χ4v) is 3.45. The molecule has 1 aliphatic heterocycles. The zero-order valence-electron chi connectivity index (χ0n) is 17.4. The van der Waals surface area contributed by atoms with Gasteiger partial charge in [-0.3, -0.25) is 0 Å². The molecule has 2 heterocycles. The summed E-state index contributed by atoms with van der Waals surface area (Å²) in [6.07, 6.45) is 2.88. The molecule has 0 saturated carbocycles. The number of aromatic nitrogens is 1. The van der Waals surface area contributed by atoms with Crippen LogP contribution in [0.15, 0.2) is 33.8 Å². The summed E-state index contributed by atoms with van der Waals surface area (Å²) < 4.78 is 19.6. The standard InChI is InChI=1S/C21H30FN5O.HI/c1-4-16-12-18(28-26-16)13-24-21(23-5-2)25-17-7-6-10-27(14-17)20-11-15(3)8-9-19(20)22;/h8-9,11-12,17H,4-7,10,13-14H2,1-3H3,(H2,23,24,25);1H. The lowest BCUT2D eigenvalue weighted by molar-refractivity contribution is 0.379. The Morgan fingerprint density at radius 2 is 2.17 bits per heavy atom. The third-order valence-corrected chi connectivity index (χ3v) is 4.91. The zero-order valence-corrected chi connectivity index (χ0v) is 19.7. The van der Waals surface area contributed by atoms with Gasteiger partial charge in [-0.2, -0.15) is 0 Å². The normalized spacial score (nSPS) is 17.0. The lowest BCUT2D eigenvalue weighted by Crippen LogP contribution is -2.51. The van der Waals surface area contributed by atoms with Gasteiger partial charge < -0.3 is 20.1 Å². The minimum absolute atomic E-state index is 0. The van der Waals surface area contributed by atoms with Gasteiger partial charge in [0.1, 0.15) is 12.4 Å². The Morgan fingerprint density at radius 3 is 2.90 bits per heavy atom. The Labute approximate surface area is 189 Å². The maximum Gasteiger partial charge on any atom is 0.191 e. The van der Waals surface area contributed by atoms with Gasteiger partial charge in [0.15, 0.2) is 11.7 Å². The summed E-state index contributed by atoms with van der Waals surface area (Å²) >= 11 is 0. The number of hydrogen-bond donors (Lipinski definition) is 2. The van der Waals surface area contributed by atoms with E-state index in [-0.39, 0.29) is 35.8 Å². The number of aryl methyl sites for hydroxylation is 2. The molecule has 1 saturated heterocycles. The Balaban J connectivity index is 0.00000300. The SMILES string of the molecule is CCNC(=NCc1cc(CC)no1)NC1CCCN(c2cc(C)ccc2F)C1.I. The van der Waals surface area contributed by atoms with E-state index < -0.39 is 0 Å². The first-order valence-corrected chi connectivity index (χ1v) is 10.1. The van der Waals surface area contributed by atoms with Crippen molar-refractivity contribution in [3.05, 3.63) is 47.1 Å². The number of nitrogens with zero attached hydrogens (tertiary/aromatic N) is 3. The maximum atomic E-state index is 14.3. The van der Waals surface area contributed by atoms with Crippen molar-refractivity contribution in [2.75, 3.05) is 24.5 Å². The van der Waals surface area contributed by atoms with Crippen LogP contribution in [0.5, 0.6) is 0 Å². The van der Waals surface area contributed by atoms with Crippen molar-refractivity contribution in [2.24, 2.45) is 4.99 Å². The molecule has 1 aromatic heterocycles. The van der Waals surface area contributed by atoms with Crippen LogP contribution < -0.4 is 15.5 Å². The molecule has 0 aliphatic carbocycles. The van der Waals surface area contributed by atoms with Crippen LogP contribution in [0.3, 0.4) is 0 Å². The highest BCUT2D eigenvalue weighted by Crippen LogP contribution is 2.24. The molecule has 2 aromatic rings. The quantitative estimate of drug-likeness (QED) is 0.346. The highest BCUT2D eigenvalue weighted by molar-refractivity contribution is 14.0. The first-order chi connectivity index (χ1) is 13.6. The lowest BCUT2D eigenvalue weighted by atomic mass is 10.0. The molecular formula is C21H31FIN5O. The van der Waals surface area contributed by atoms with E-state index in [1.54, 1.807) is 6.07 Å². The van der Waals surface area contributed by atoms with E-state index in [1.807, 2.05) is 39.0 Å². The molecule has 1 aromatic carbocycles. The maximum absolute atomic E-state index is 14.3. The number of benzene rings is 1. The average Bonchev–Trinajstić information content (AvgIpc) is 3.16. The summed E-state index contributed by atoms with van der Waals surface area (Å²) in [6.45, 7) is 8.89. The Kier molecular flexibility index (Phi) is 9.19. The van der Waals surface area contributed by atoms with Gasteiger partial charge in [0.05, 0.1) is 11.4 Å². The third-order valence-electron chi connectivity index (χ3n) is 4.91. The molecule has 0 amide bonds. The van der Waals surface area contributed by atoms with Crippen LogP contribution in [0.25, 0.3) is 0 Å². The van der Waals surface area contributed by atoms with Gasteiger partial charge in [0.25, 0.3) is 0 Å². The molecule has 1 unspecified atom stereocenters. The number of rotatable bonds is 6. The number of piperidine rings is 1. The minimum atomic E-state index is -0.163. The van der Waals surface area contributed by atoms with E-state index in [0.717, 1.165) is 61.9 Å². The zero-order chi connectivity index (χ0) is 19.9. The number of nitrogens with one attached hydrogen (secondary N) is 2. The van der Waals surface area contributed by atoms with Crippen LogP contribution in [-0.2, 0) is 13.0 Å². The molecule has 1 atom stereocenters. The summed E-state index contributed by atoms with van der Waals surface area (Å²) in [6, 6.07) is 7.42. The monoisotopic (exact) mass is 515 g/mol. The number of anilines is 1. The molecule has 2 N–H and O–H groups in total. The second-order valence-corrected chi connectivity index (χ2v) is 7.22. The van der Waals surface area contributed by atoms with Crippen molar-refractivity contribution in [2.45, 2.75) is 52.6 Å². The van der Waals surface area contributed by atoms with E-state index in [2.05, 4.69) is 25.7 Å². The summed E-state index contributed by atoms with van der Waals surface area (Å²) in [5, 5.41) is 10.8. The summed E-state index contributed by atoms with van der Waals surface area (Å²) in [7, 11) is 0. The number of halogens is 2. The molecule has 160 valence electrons. The first-order valence-electron chi connectivity index (χ1n) is 10.1. The van der Waals surface area contributed by atoms with Crippen LogP contribution in [0.2, 0.25) is 0 Å². The smallest absolute Gasteiger partial charge is 0.191 e. The molecule has 8 heteroatoms. The minimum Gasteiger partial charge on any atom is -0.367 e. The van der Waals surface area contributed by atoms with Gasteiger partial charge in [-0.05, 0) is 50.8 Å². The van der Waals surface area contributed by atoms with Crippen molar-refractivity contribution in [3.8, 4) is 0 Å². The van der Waals surface area contributed by atoms with Gasteiger partial charge in [-0.15, -0.1) is 24.0 Å². The Hall–Kier alpha value is -1.84. The lowest BCUT2D eigenvalue weighted by Gasteiger charge is -2.35. The number of aliphatic imine (C=N–C) groups is 1. The predicted octanol–water partition coefficient (Wildman–Crippen LogP) is 4.03. The molecule has 0 bridgehead atoms. The molecule has 1 aliphatic rings. The van der Waals surface area contributed by atoms with Crippen molar-refractivity contribution in [1.82, 2.24) is 15.8 Å². The predicted molar refractivity (Wildman–Crippen MR) is 126 cm³/mol. The Bertz CT molecular complexity index is 810. The molecule has 0 spiro atoms. The molecule has 3 rings (SSSR count). The van der Waals surface area contributed by atoms with Crippen molar-refractivity contribution < 1.29 is 8.91 Å². The fraction of sp³-hybridized carbons (Fsp3) is 0.524. The van der Waals surface area contributed by atoms with E-state index in [9.17, 15) is 4.39 Å². The summed E-state index contributed by atoms with van der Waals surface area (Å²) in [5.41, 5.74) is 2.69. The average molecular weight is 515 g/mol. The highest BCUT2D eigenvalue weighted by Gasteiger charge is 2.23.